The lowest BCUT2D eigenvalue weighted by Crippen LogP contribution is -2.44. The Hall–Kier alpha value is -2.41. The Morgan fingerprint density at radius 1 is 1.23 bits per heavy atom. The summed E-state index contributed by atoms with van der Waals surface area (Å²) in [5.74, 6) is -0.0978. The second-order valence-electron chi connectivity index (χ2n) is 6.74. The maximum atomic E-state index is 12.7. The second-order valence-corrected chi connectivity index (χ2v) is 7.66. The third-order valence-corrected chi connectivity index (χ3v) is 4.96. The second kappa shape index (κ2) is 7.07. The molecule has 0 saturated carbocycles. The van der Waals surface area contributed by atoms with Crippen LogP contribution in [-0.4, -0.2) is 25.5 Å². The minimum Gasteiger partial charge on any atom is -0.350 e. The first-order valence-corrected chi connectivity index (χ1v) is 9.19. The van der Waals surface area contributed by atoms with Crippen molar-refractivity contribution < 1.29 is 4.79 Å². The van der Waals surface area contributed by atoms with Crippen molar-refractivity contribution in [3.05, 3.63) is 64.1 Å². The molecule has 1 N–H and O–H groups in total. The highest BCUT2D eigenvalue weighted by molar-refractivity contribution is 9.10. The van der Waals surface area contributed by atoms with Gasteiger partial charge in [-0.05, 0) is 55.8 Å². The van der Waals surface area contributed by atoms with Gasteiger partial charge in [0.2, 0.25) is 5.91 Å². The molecule has 6 nitrogen and oxygen atoms in total. The van der Waals surface area contributed by atoms with E-state index in [0.717, 1.165) is 27.1 Å². The van der Waals surface area contributed by atoms with Crippen LogP contribution in [0.15, 0.2) is 47.2 Å². The van der Waals surface area contributed by atoms with E-state index in [1.54, 1.807) is 17.1 Å². The fourth-order valence-electron chi connectivity index (χ4n) is 2.85. The van der Waals surface area contributed by atoms with Crippen LogP contribution < -0.4 is 5.32 Å². The van der Waals surface area contributed by atoms with Crippen LogP contribution in [0.25, 0.3) is 5.69 Å². The first kappa shape index (κ1) is 18.4. The molecule has 0 bridgehead atoms. The minimum absolute atomic E-state index is 0.0978. The van der Waals surface area contributed by atoms with Crippen LogP contribution >= 0.6 is 15.9 Å². The number of hydrogen-bond donors (Lipinski definition) is 1. The van der Waals surface area contributed by atoms with Crippen molar-refractivity contribution in [2.75, 3.05) is 0 Å². The number of nitrogens with zero attached hydrogens (tertiary/aromatic N) is 4. The maximum Gasteiger partial charge on any atom is 0.247 e. The van der Waals surface area contributed by atoms with Crippen molar-refractivity contribution in [2.45, 2.75) is 39.8 Å². The van der Waals surface area contributed by atoms with Gasteiger partial charge in [0.15, 0.2) is 0 Å². The Labute approximate surface area is 161 Å². The van der Waals surface area contributed by atoms with Gasteiger partial charge in [-0.2, -0.15) is 10.2 Å². The van der Waals surface area contributed by atoms with Gasteiger partial charge in [-0.15, -0.1) is 0 Å². The lowest BCUT2D eigenvalue weighted by Gasteiger charge is -2.24. The Kier molecular flexibility index (Phi) is 5.00. The fourth-order valence-corrected chi connectivity index (χ4v) is 3.13. The Balaban J connectivity index is 1.78. The first-order chi connectivity index (χ1) is 12.3. The number of amides is 1. The van der Waals surface area contributed by atoms with Crippen molar-refractivity contribution in [2.24, 2.45) is 0 Å². The van der Waals surface area contributed by atoms with Gasteiger partial charge in [-0.25, -0.2) is 4.68 Å². The lowest BCUT2D eigenvalue weighted by molar-refractivity contribution is -0.129. The molecule has 7 heteroatoms. The number of carbonyl (C=O) groups excluding carboxylic acids is 1. The van der Waals surface area contributed by atoms with E-state index in [4.69, 9.17) is 0 Å². The van der Waals surface area contributed by atoms with Crippen molar-refractivity contribution in [3.8, 4) is 5.69 Å². The summed E-state index contributed by atoms with van der Waals surface area (Å²) in [5, 5.41) is 11.9. The molecule has 2 aromatic heterocycles. The van der Waals surface area contributed by atoms with Crippen molar-refractivity contribution in [1.82, 2.24) is 24.9 Å². The smallest absolute Gasteiger partial charge is 0.247 e. The van der Waals surface area contributed by atoms with E-state index in [0.29, 0.717) is 6.54 Å². The highest BCUT2D eigenvalue weighted by Crippen LogP contribution is 2.20. The van der Waals surface area contributed by atoms with Gasteiger partial charge in [0.05, 0.1) is 22.1 Å². The van der Waals surface area contributed by atoms with Gasteiger partial charge in [0.1, 0.15) is 5.54 Å². The number of carbonyl (C=O) groups is 1. The van der Waals surface area contributed by atoms with E-state index in [-0.39, 0.29) is 5.91 Å². The molecule has 0 aliphatic carbocycles. The highest BCUT2D eigenvalue weighted by Gasteiger charge is 2.30. The molecule has 2 heterocycles. The minimum atomic E-state index is -0.788. The molecular weight excluding hydrogens is 394 g/mol. The molecule has 0 aliphatic heterocycles. The van der Waals surface area contributed by atoms with Crippen LogP contribution in [0.4, 0.5) is 0 Å². The van der Waals surface area contributed by atoms with E-state index >= 15 is 0 Å². The third kappa shape index (κ3) is 3.44. The third-order valence-electron chi connectivity index (χ3n) is 4.55. The summed E-state index contributed by atoms with van der Waals surface area (Å²) in [6.07, 6.45) is 3.47. The summed E-state index contributed by atoms with van der Waals surface area (Å²) in [7, 11) is 0. The monoisotopic (exact) mass is 415 g/mol. The Bertz CT molecular complexity index is 927. The van der Waals surface area contributed by atoms with Crippen LogP contribution in [0.1, 0.15) is 30.8 Å². The number of hydrogen-bond acceptors (Lipinski definition) is 3. The largest absolute Gasteiger partial charge is 0.350 e. The summed E-state index contributed by atoms with van der Waals surface area (Å²) < 4.78 is 4.40. The predicted molar refractivity (Wildman–Crippen MR) is 104 cm³/mol. The molecule has 0 fully saturated rings. The molecule has 136 valence electrons. The number of halogens is 1. The lowest BCUT2D eigenvalue weighted by atomic mass is 10.0. The van der Waals surface area contributed by atoms with Gasteiger partial charge in [0, 0.05) is 24.0 Å². The van der Waals surface area contributed by atoms with E-state index in [1.165, 1.54) is 0 Å². The molecule has 3 rings (SSSR count). The summed E-state index contributed by atoms with van der Waals surface area (Å²) in [4.78, 5) is 12.7. The molecular formula is C19H22BrN5O. The average Bonchev–Trinajstić information content (AvgIpc) is 3.18. The Morgan fingerprint density at radius 3 is 2.54 bits per heavy atom. The molecule has 3 aromatic rings. The van der Waals surface area contributed by atoms with Gasteiger partial charge < -0.3 is 5.32 Å². The van der Waals surface area contributed by atoms with Crippen molar-refractivity contribution >= 4 is 21.8 Å². The van der Waals surface area contributed by atoms with Gasteiger partial charge in [0.25, 0.3) is 0 Å². The average molecular weight is 416 g/mol. The molecule has 1 amide bonds. The quantitative estimate of drug-likeness (QED) is 0.693. The summed E-state index contributed by atoms with van der Waals surface area (Å²) in [6, 6.07) is 9.98. The van der Waals surface area contributed by atoms with Crippen LogP contribution in [-0.2, 0) is 16.9 Å². The van der Waals surface area contributed by atoms with Crippen molar-refractivity contribution in [1.29, 1.82) is 0 Å². The molecule has 0 saturated heterocycles. The number of nitrogens with one attached hydrogen (secondary N) is 1. The zero-order chi connectivity index (χ0) is 18.9. The number of aromatic nitrogens is 4. The van der Waals surface area contributed by atoms with Gasteiger partial charge in [-0.1, -0.05) is 18.2 Å². The van der Waals surface area contributed by atoms with E-state index in [1.807, 2.05) is 62.7 Å². The SMILES string of the molecule is Cc1nn(-c2ccccc2)c(C)c1CNC(=O)C(C)(C)n1cc(Br)cn1. The molecule has 0 radical (unpaired) electrons. The van der Waals surface area contributed by atoms with E-state index in [2.05, 4.69) is 31.4 Å². The highest BCUT2D eigenvalue weighted by atomic mass is 79.9. The normalized spacial score (nSPS) is 11.6. The number of aryl methyl sites for hydroxylation is 1. The Morgan fingerprint density at radius 2 is 1.92 bits per heavy atom. The van der Waals surface area contributed by atoms with Crippen LogP contribution in [0.5, 0.6) is 0 Å². The standard InChI is InChI=1S/C19H22BrN5O/c1-13-17(14(2)25(23-13)16-8-6-5-7-9-16)11-21-18(26)19(3,4)24-12-15(20)10-22-24/h5-10,12H,11H2,1-4H3,(H,21,26). The zero-order valence-corrected chi connectivity index (χ0v) is 16.9. The number of rotatable bonds is 5. The summed E-state index contributed by atoms with van der Waals surface area (Å²) >= 11 is 3.37. The van der Waals surface area contributed by atoms with Gasteiger partial charge in [-0.3, -0.25) is 9.48 Å². The molecule has 26 heavy (non-hydrogen) atoms. The van der Waals surface area contributed by atoms with Crippen LogP contribution in [0.3, 0.4) is 0 Å². The molecule has 1 aromatic carbocycles. The fraction of sp³-hybridized carbons (Fsp3) is 0.316. The van der Waals surface area contributed by atoms with Gasteiger partial charge >= 0.3 is 0 Å². The van der Waals surface area contributed by atoms with E-state index < -0.39 is 5.54 Å². The summed E-state index contributed by atoms with van der Waals surface area (Å²) in [5.41, 5.74) is 3.18. The molecule has 0 aliphatic rings. The predicted octanol–water partition coefficient (Wildman–Crippen LogP) is 3.50. The molecule has 0 unspecified atom stereocenters. The zero-order valence-electron chi connectivity index (χ0n) is 15.3. The van der Waals surface area contributed by atoms with E-state index in [9.17, 15) is 4.79 Å². The number of benzene rings is 1. The van der Waals surface area contributed by atoms with Crippen molar-refractivity contribution in [3.63, 3.8) is 0 Å². The summed E-state index contributed by atoms with van der Waals surface area (Å²) in [6.45, 7) is 8.09. The molecule has 0 spiro atoms. The topological polar surface area (TPSA) is 64.7 Å². The maximum absolute atomic E-state index is 12.7. The van der Waals surface area contributed by atoms with Crippen LogP contribution in [0.2, 0.25) is 0 Å². The van der Waals surface area contributed by atoms with Crippen LogP contribution in [0, 0.1) is 13.8 Å². The number of para-hydroxylation sites is 1. The first-order valence-electron chi connectivity index (χ1n) is 8.40. The molecule has 0 atom stereocenters.